The number of nitrogens with zero attached hydrogens (tertiary/aromatic N) is 1. The summed E-state index contributed by atoms with van der Waals surface area (Å²) >= 11 is 0. The number of ether oxygens (including phenoxy) is 1. The van der Waals surface area contributed by atoms with E-state index in [0.29, 0.717) is 18.1 Å². The lowest BCUT2D eigenvalue weighted by Crippen LogP contribution is -2.61. The maximum atomic E-state index is 6.16. The molecule has 0 bridgehead atoms. The molecule has 3 heteroatoms. The SMILES string of the molecule is CC1OCCC1N(C)C1(CN)CCCCC1C. The second-order valence-electron chi connectivity index (χ2n) is 6.00. The number of nitrogens with two attached hydrogens (primary N) is 1. The number of hydrogen-bond donors (Lipinski definition) is 1. The highest BCUT2D eigenvalue weighted by Crippen LogP contribution is 2.39. The molecule has 2 rings (SSSR count). The molecule has 2 N–H and O–H groups in total. The maximum Gasteiger partial charge on any atom is 0.0703 e. The second-order valence-corrected chi connectivity index (χ2v) is 6.00. The van der Waals surface area contributed by atoms with Gasteiger partial charge in [-0.25, -0.2) is 0 Å². The molecule has 0 aromatic rings. The van der Waals surface area contributed by atoms with E-state index in [1.165, 1.54) is 25.7 Å². The summed E-state index contributed by atoms with van der Waals surface area (Å²) in [6, 6.07) is 0.555. The quantitative estimate of drug-likeness (QED) is 0.820. The van der Waals surface area contributed by atoms with Gasteiger partial charge in [0.1, 0.15) is 0 Å². The van der Waals surface area contributed by atoms with Gasteiger partial charge in [0.25, 0.3) is 0 Å². The molecule has 2 fully saturated rings. The Bertz CT molecular complexity index is 259. The first-order valence-corrected chi connectivity index (χ1v) is 7.16. The first kappa shape index (κ1) is 13.3. The van der Waals surface area contributed by atoms with Crippen molar-refractivity contribution in [3.05, 3.63) is 0 Å². The predicted octanol–water partition coefficient (Wildman–Crippen LogP) is 2.00. The summed E-state index contributed by atoms with van der Waals surface area (Å²) in [5, 5.41) is 0. The van der Waals surface area contributed by atoms with Crippen LogP contribution in [0.4, 0.5) is 0 Å². The van der Waals surface area contributed by atoms with Crippen LogP contribution in [0.2, 0.25) is 0 Å². The molecule has 1 saturated heterocycles. The van der Waals surface area contributed by atoms with Crippen molar-refractivity contribution in [2.75, 3.05) is 20.2 Å². The molecule has 100 valence electrons. The van der Waals surface area contributed by atoms with Crippen LogP contribution in [-0.4, -0.2) is 42.8 Å². The normalized spacial score (nSPS) is 43.2. The van der Waals surface area contributed by atoms with Crippen LogP contribution in [0.15, 0.2) is 0 Å². The van der Waals surface area contributed by atoms with Crippen molar-refractivity contribution in [2.24, 2.45) is 11.7 Å². The van der Waals surface area contributed by atoms with Gasteiger partial charge in [-0.3, -0.25) is 4.90 Å². The van der Waals surface area contributed by atoms with Crippen molar-refractivity contribution in [3.8, 4) is 0 Å². The van der Waals surface area contributed by atoms with Gasteiger partial charge in [-0.15, -0.1) is 0 Å². The van der Waals surface area contributed by atoms with E-state index in [0.717, 1.165) is 19.6 Å². The predicted molar refractivity (Wildman–Crippen MR) is 71.0 cm³/mol. The van der Waals surface area contributed by atoms with E-state index in [1.54, 1.807) is 0 Å². The van der Waals surface area contributed by atoms with E-state index in [9.17, 15) is 0 Å². The molecule has 1 saturated carbocycles. The third kappa shape index (κ3) is 2.25. The molecular formula is C14H28N2O. The van der Waals surface area contributed by atoms with Crippen LogP contribution in [0.25, 0.3) is 0 Å². The largest absolute Gasteiger partial charge is 0.377 e. The zero-order valence-corrected chi connectivity index (χ0v) is 11.6. The summed E-state index contributed by atoms with van der Waals surface area (Å²) < 4.78 is 5.72. The molecule has 3 nitrogen and oxygen atoms in total. The molecule has 2 aliphatic rings. The Morgan fingerprint density at radius 3 is 2.59 bits per heavy atom. The minimum Gasteiger partial charge on any atom is -0.377 e. The molecule has 0 aromatic carbocycles. The fraction of sp³-hybridized carbons (Fsp3) is 1.00. The molecule has 1 aliphatic heterocycles. The fourth-order valence-electron chi connectivity index (χ4n) is 3.93. The third-order valence-electron chi connectivity index (χ3n) is 5.30. The van der Waals surface area contributed by atoms with Crippen LogP contribution < -0.4 is 5.73 Å². The Kier molecular flexibility index (Phi) is 4.11. The summed E-state index contributed by atoms with van der Waals surface area (Å²) in [6.07, 6.45) is 6.79. The average Bonchev–Trinajstić information content (AvgIpc) is 2.75. The molecule has 17 heavy (non-hydrogen) atoms. The smallest absolute Gasteiger partial charge is 0.0703 e. The molecule has 0 amide bonds. The van der Waals surface area contributed by atoms with Gasteiger partial charge in [0.15, 0.2) is 0 Å². The molecule has 4 atom stereocenters. The standard InChI is InChI=1S/C14H28N2O/c1-11-6-4-5-8-14(11,10-15)16(3)13-7-9-17-12(13)2/h11-13H,4-10,15H2,1-3H3. The van der Waals surface area contributed by atoms with Gasteiger partial charge >= 0.3 is 0 Å². The molecule has 1 aliphatic carbocycles. The summed E-state index contributed by atoms with van der Waals surface area (Å²) in [4.78, 5) is 2.56. The highest BCUT2D eigenvalue weighted by atomic mass is 16.5. The summed E-state index contributed by atoms with van der Waals surface area (Å²) in [5.41, 5.74) is 6.37. The van der Waals surface area contributed by atoms with E-state index in [2.05, 4.69) is 25.8 Å². The van der Waals surface area contributed by atoms with Crippen molar-refractivity contribution in [1.29, 1.82) is 0 Å². The van der Waals surface area contributed by atoms with Crippen LogP contribution in [0, 0.1) is 5.92 Å². The fourth-order valence-corrected chi connectivity index (χ4v) is 3.93. The lowest BCUT2D eigenvalue weighted by Gasteiger charge is -2.51. The molecule has 0 radical (unpaired) electrons. The summed E-state index contributed by atoms with van der Waals surface area (Å²) in [6.45, 7) is 6.27. The van der Waals surface area contributed by atoms with Gasteiger partial charge < -0.3 is 10.5 Å². The Morgan fingerprint density at radius 2 is 2.06 bits per heavy atom. The van der Waals surface area contributed by atoms with Gasteiger partial charge in [-0.05, 0) is 39.2 Å². The monoisotopic (exact) mass is 240 g/mol. The summed E-state index contributed by atoms with van der Waals surface area (Å²) in [5.74, 6) is 0.707. The number of rotatable bonds is 3. The van der Waals surface area contributed by atoms with Gasteiger partial charge in [0.05, 0.1) is 6.10 Å². The molecule has 1 heterocycles. The Morgan fingerprint density at radius 1 is 1.29 bits per heavy atom. The molecular weight excluding hydrogens is 212 g/mol. The number of hydrogen-bond acceptors (Lipinski definition) is 3. The average molecular weight is 240 g/mol. The van der Waals surface area contributed by atoms with Gasteiger partial charge in [-0.2, -0.15) is 0 Å². The van der Waals surface area contributed by atoms with Gasteiger partial charge in [0.2, 0.25) is 0 Å². The Balaban J connectivity index is 2.15. The lowest BCUT2D eigenvalue weighted by molar-refractivity contribution is -0.0199. The third-order valence-corrected chi connectivity index (χ3v) is 5.30. The topological polar surface area (TPSA) is 38.5 Å². The van der Waals surface area contributed by atoms with Crippen molar-refractivity contribution in [3.63, 3.8) is 0 Å². The van der Waals surface area contributed by atoms with Gasteiger partial charge in [-0.1, -0.05) is 19.8 Å². The van der Waals surface area contributed by atoms with Crippen molar-refractivity contribution in [1.82, 2.24) is 4.90 Å². The zero-order valence-electron chi connectivity index (χ0n) is 11.6. The van der Waals surface area contributed by atoms with E-state index in [1.807, 2.05) is 0 Å². The van der Waals surface area contributed by atoms with Crippen LogP contribution in [-0.2, 0) is 4.74 Å². The minimum absolute atomic E-state index is 0.213. The van der Waals surface area contributed by atoms with E-state index in [4.69, 9.17) is 10.5 Å². The Labute approximate surface area is 106 Å². The maximum absolute atomic E-state index is 6.16. The van der Waals surface area contributed by atoms with Crippen molar-refractivity contribution < 1.29 is 4.74 Å². The van der Waals surface area contributed by atoms with Crippen LogP contribution in [0.5, 0.6) is 0 Å². The second kappa shape index (κ2) is 5.25. The zero-order chi connectivity index (χ0) is 12.5. The van der Waals surface area contributed by atoms with E-state index < -0.39 is 0 Å². The highest BCUT2D eigenvalue weighted by Gasteiger charge is 2.45. The van der Waals surface area contributed by atoms with Crippen molar-refractivity contribution >= 4 is 0 Å². The number of likely N-dealkylation sites (N-methyl/N-ethyl adjacent to an activating group) is 1. The van der Waals surface area contributed by atoms with Crippen LogP contribution >= 0.6 is 0 Å². The molecule has 4 unspecified atom stereocenters. The first-order valence-electron chi connectivity index (χ1n) is 7.16. The lowest BCUT2D eigenvalue weighted by atomic mass is 9.72. The summed E-state index contributed by atoms with van der Waals surface area (Å²) in [7, 11) is 2.27. The molecule has 0 spiro atoms. The first-order chi connectivity index (χ1) is 8.12. The van der Waals surface area contributed by atoms with Gasteiger partial charge in [0, 0.05) is 24.7 Å². The highest BCUT2D eigenvalue weighted by molar-refractivity contribution is 5.01. The minimum atomic E-state index is 0.213. The van der Waals surface area contributed by atoms with Crippen LogP contribution in [0.3, 0.4) is 0 Å². The van der Waals surface area contributed by atoms with Crippen molar-refractivity contribution in [2.45, 2.75) is 63.6 Å². The van der Waals surface area contributed by atoms with E-state index >= 15 is 0 Å². The van der Waals surface area contributed by atoms with E-state index in [-0.39, 0.29) is 5.54 Å². The van der Waals surface area contributed by atoms with Crippen LogP contribution in [0.1, 0.15) is 46.0 Å². The Hall–Kier alpha value is -0.120. The molecule has 0 aromatic heterocycles.